The second kappa shape index (κ2) is 6.75. The second-order valence-electron chi connectivity index (χ2n) is 7.05. The number of nitrogens with zero attached hydrogens (tertiary/aromatic N) is 1. The zero-order valence-corrected chi connectivity index (χ0v) is 15.2. The van der Waals surface area contributed by atoms with Crippen molar-refractivity contribution < 1.29 is 14.4 Å². The van der Waals surface area contributed by atoms with Crippen molar-refractivity contribution >= 4 is 29.0 Å². The molecule has 134 valence electrons. The van der Waals surface area contributed by atoms with Crippen molar-refractivity contribution in [3.63, 3.8) is 0 Å². The molecule has 26 heavy (non-hydrogen) atoms. The van der Waals surface area contributed by atoms with Gasteiger partial charge in [-0.15, -0.1) is 0 Å². The number of hydrogen-bond donors (Lipinski definition) is 1. The number of amides is 2. The predicted octanol–water partition coefficient (Wildman–Crippen LogP) is 3.44. The summed E-state index contributed by atoms with van der Waals surface area (Å²) in [6, 6.07) is 14.4. The number of nitrogens with one attached hydrogen (secondary N) is 1. The van der Waals surface area contributed by atoms with Crippen LogP contribution >= 0.6 is 0 Å². The second-order valence-corrected chi connectivity index (χ2v) is 7.05. The van der Waals surface area contributed by atoms with Crippen molar-refractivity contribution in [3.05, 3.63) is 59.7 Å². The molecule has 1 N–H and O–H groups in total. The highest BCUT2D eigenvalue weighted by molar-refractivity contribution is 6.15. The number of ketones is 1. The van der Waals surface area contributed by atoms with Crippen LogP contribution in [0.15, 0.2) is 48.5 Å². The lowest BCUT2D eigenvalue weighted by Gasteiger charge is -2.28. The number of hydrogen-bond acceptors (Lipinski definition) is 3. The predicted molar refractivity (Wildman–Crippen MR) is 101 cm³/mol. The van der Waals surface area contributed by atoms with Gasteiger partial charge in [-0.2, -0.15) is 0 Å². The Kier molecular flexibility index (Phi) is 4.64. The van der Waals surface area contributed by atoms with Crippen LogP contribution in [-0.4, -0.2) is 24.1 Å². The molecule has 2 aromatic rings. The van der Waals surface area contributed by atoms with E-state index in [0.29, 0.717) is 17.8 Å². The Balaban J connectivity index is 1.76. The summed E-state index contributed by atoms with van der Waals surface area (Å²) in [6.45, 7) is 5.34. The molecule has 0 saturated heterocycles. The van der Waals surface area contributed by atoms with E-state index < -0.39 is 5.41 Å². The molecule has 1 aliphatic rings. The largest absolute Gasteiger partial charge is 0.325 e. The van der Waals surface area contributed by atoms with Crippen LogP contribution in [0.3, 0.4) is 0 Å². The van der Waals surface area contributed by atoms with Crippen molar-refractivity contribution in [2.24, 2.45) is 5.41 Å². The number of carbonyl (C=O) groups is 3. The molecule has 2 aromatic carbocycles. The molecule has 0 bridgehead atoms. The lowest BCUT2D eigenvalue weighted by molar-refractivity contribution is -0.136. The Bertz CT molecular complexity index is 869. The van der Waals surface area contributed by atoms with Gasteiger partial charge in [0, 0.05) is 23.5 Å². The van der Waals surface area contributed by atoms with Crippen molar-refractivity contribution in [3.8, 4) is 0 Å². The Labute approximate surface area is 153 Å². The van der Waals surface area contributed by atoms with Crippen LogP contribution in [0.2, 0.25) is 0 Å². The fraction of sp³-hybridized carbons (Fsp3) is 0.286. The van der Waals surface area contributed by atoms with E-state index in [1.807, 2.05) is 24.3 Å². The first-order chi connectivity index (χ1) is 12.3. The molecule has 0 saturated carbocycles. The highest BCUT2D eigenvalue weighted by Crippen LogP contribution is 2.32. The average Bonchev–Trinajstić information content (AvgIpc) is 3.05. The van der Waals surface area contributed by atoms with Gasteiger partial charge in [-0.1, -0.05) is 18.2 Å². The lowest BCUT2D eigenvalue weighted by Crippen LogP contribution is -2.47. The van der Waals surface area contributed by atoms with Crippen molar-refractivity contribution in [1.82, 2.24) is 0 Å². The Hall–Kier alpha value is -2.95. The quantitative estimate of drug-likeness (QED) is 0.678. The minimum atomic E-state index is -1.21. The summed E-state index contributed by atoms with van der Waals surface area (Å²) >= 11 is 0. The first kappa shape index (κ1) is 17.9. The van der Waals surface area contributed by atoms with E-state index in [-0.39, 0.29) is 17.6 Å². The van der Waals surface area contributed by atoms with E-state index in [4.69, 9.17) is 0 Å². The minimum absolute atomic E-state index is 0.0360. The van der Waals surface area contributed by atoms with Gasteiger partial charge in [-0.05, 0) is 63.1 Å². The summed E-state index contributed by atoms with van der Waals surface area (Å²) in [5.74, 6) is -0.631. The van der Waals surface area contributed by atoms with Gasteiger partial charge in [0.15, 0.2) is 5.78 Å². The zero-order valence-electron chi connectivity index (χ0n) is 15.2. The number of Topliss-reactive ketones (excluding diaryl/α,β-unsaturated/α-hetero) is 1. The molecule has 0 fully saturated rings. The Morgan fingerprint density at radius 1 is 1.00 bits per heavy atom. The van der Waals surface area contributed by atoms with Crippen LogP contribution in [0.5, 0.6) is 0 Å². The monoisotopic (exact) mass is 350 g/mol. The molecule has 1 aliphatic heterocycles. The summed E-state index contributed by atoms with van der Waals surface area (Å²) < 4.78 is 0. The van der Waals surface area contributed by atoms with Crippen LogP contribution in [0.4, 0.5) is 11.4 Å². The summed E-state index contributed by atoms with van der Waals surface area (Å²) in [7, 11) is 0. The van der Waals surface area contributed by atoms with Crippen molar-refractivity contribution in [1.29, 1.82) is 0 Å². The third kappa shape index (κ3) is 3.25. The van der Waals surface area contributed by atoms with Crippen LogP contribution in [0.1, 0.15) is 36.7 Å². The molecule has 5 nitrogen and oxygen atoms in total. The summed E-state index contributed by atoms with van der Waals surface area (Å²) in [4.78, 5) is 38.8. The van der Waals surface area contributed by atoms with E-state index in [9.17, 15) is 14.4 Å². The minimum Gasteiger partial charge on any atom is -0.325 e. The van der Waals surface area contributed by atoms with E-state index >= 15 is 0 Å². The molecule has 2 amide bonds. The molecule has 0 spiro atoms. The molecule has 0 radical (unpaired) electrons. The summed E-state index contributed by atoms with van der Waals surface area (Å²) in [5.41, 5.74) is 1.92. The smallest absolute Gasteiger partial charge is 0.242 e. The SMILES string of the molecule is CC(=O)c1ccc(NC(=O)C(C)(C)C(=O)N2CCc3ccccc32)cc1. The number of para-hydroxylation sites is 1. The maximum Gasteiger partial charge on any atom is 0.242 e. The molecule has 1 heterocycles. The zero-order chi connectivity index (χ0) is 18.9. The van der Waals surface area contributed by atoms with Crippen LogP contribution in [0.25, 0.3) is 0 Å². The molecular formula is C21H22N2O3. The van der Waals surface area contributed by atoms with Crippen molar-refractivity contribution in [2.75, 3.05) is 16.8 Å². The van der Waals surface area contributed by atoms with Gasteiger partial charge in [0.2, 0.25) is 11.8 Å². The van der Waals surface area contributed by atoms with Crippen LogP contribution in [0, 0.1) is 5.41 Å². The number of rotatable bonds is 4. The fourth-order valence-corrected chi connectivity index (χ4v) is 3.06. The average molecular weight is 350 g/mol. The van der Waals surface area contributed by atoms with Gasteiger partial charge >= 0.3 is 0 Å². The summed E-state index contributed by atoms with van der Waals surface area (Å²) in [6.07, 6.45) is 0.798. The third-order valence-electron chi connectivity index (χ3n) is 4.78. The number of fused-ring (bicyclic) bond motifs is 1. The Morgan fingerprint density at radius 3 is 2.31 bits per heavy atom. The molecular weight excluding hydrogens is 328 g/mol. The molecule has 0 aliphatic carbocycles. The maximum atomic E-state index is 13.0. The first-order valence-corrected chi connectivity index (χ1v) is 8.63. The normalized spacial score (nSPS) is 13.3. The third-order valence-corrected chi connectivity index (χ3v) is 4.78. The Morgan fingerprint density at radius 2 is 1.65 bits per heavy atom. The van der Waals surface area contributed by atoms with E-state index in [0.717, 1.165) is 17.7 Å². The highest BCUT2D eigenvalue weighted by atomic mass is 16.2. The number of benzene rings is 2. The van der Waals surface area contributed by atoms with Gasteiger partial charge in [0.05, 0.1) is 0 Å². The maximum absolute atomic E-state index is 13.0. The van der Waals surface area contributed by atoms with Gasteiger partial charge in [-0.25, -0.2) is 0 Å². The van der Waals surface area contributed by atoms with Crippen LogP contribution in [-0.2, 0) is 16.0 Å². The highest BCUT2D eigenvalue weighted by Gasteiger charge is 2.41. The molecule has 0 atom stereocenters. The van der Waals surface area contributed by atoms with Gasteiger partial charge in [-0.3, -0.25) is 14.4 Å². The molecule has 0 aromatic heterocycles. The number of carbonyl (C=O) groups excluding carboxylic acids is 3. The van der Waals surface area contributed by atoms with Crippen LogP contribution < -0.4 is 10.2 Å². The molecule has 0 unspecified atom stereocenters. The van der Waals surface area contributed by atoms with Crippen molar-refractivity contribution in [2.45, 2.75) is 27.2 Å². The molecule has 5 heteroatoms. The fourth-order valence-electron chi connectivity index (χ4n) is 3.06. The molecule has 3 rings (SSSR count). The topological polar surface area (TPSA) is 66.5 Å². The van der Waals surface area contributed by atoms with E-state index in [2.05, 4.69) is 5.32 Å². The van der Waals surface area contributed by atoms with Gasteiger partial charge < -0.3 is 10.2 Å². The standard InChI is InChI=1S/C21H22N2O3/c1-14(24)15-8-10-17(11-9-15)22-19(25)21(2,3)20(26)23-13-12-16-6-4-5-7-18(16)23/h4-11H,12-13H2,1-3H3,(H,22,25). The number of anilines is 2. The summed E-state index contributed by atoms with van der Waals surface area (Å²) in [5, 5.41) is 2.78. The lowest BCUT2D eigenvalue weighted by atomic mass is 9.90. The van der Waals surface area contributed by atoms with Gasteiger partial charge in [0.25, 0.3) is 0 Å². The van der Waals surface area contributed by atoms with Gasteiger partial charge in [0.1, 0.15) is 5.41 Å². The van der Waals surface area contributed by atoms with E-state index in [1.54, 1.807) is 43.0 Å². The van der Waals surface area contributed by atoms with E-state index in [1.165, 1.54) is 6.92 Å². The first-order valence-electron chi connectivity index (χ1n) is 8.63.